The van der Waals surface area contributed by atoms with Crippen molar-refractivity contribution in [2.24, 2.45) is 8.80 Å². The Morgan fingerprint density at radius 2 is 0.833 bits per heavy atom. The maximum atomic E-state index is 12.5. The summed E-state index contributed by atoms with van der Waals surface area (Å²) in [6.45, 7) is 0. The highest BCUT2D eigenvalue weighted by atomic mass is 35.5. The Kier molecular flexibility index (Phi) is 6.76. The molecule has 0 aliphatic heterocycles. The molecule has 0 radical (unpaired) electrons. The van der Waals surface area contributed by atoms with Gasteiger partial charge in [-0.25, -0.2) is 0 Å². The lowest BCUT2D eigenvalue weighted by Gasteiger charge is -2.11. The molecule has 30 heavy (non-hydrogen) atoms. The summed E-state index contributed by atoms with van der Waals surface area (Å²) >= 11 is 23.8. The Morgan fingerprint density at radius 3 is 1.13 bits per heavy atom. The first-order chi connectivity index (χ1) is 14.0. The summed E-state index contributed by atoms with van der Waals surface area (Å²) < 4.78 is 57.2. The lowest BCUT2D eigenvalue weighted by Crippen LogP contribution is -2.13. The van der Waals surface area contributed by atoms with Crippen LogP contribution in [0.15, 0.2) is 89.3 Å². The van der Waals surface area contributed by atoms with Gasteiger partial charge in [0.1, 0.15) is 0 Å². The summed E-state index contributed by atoms with van der Waals surface area (Å²) in [6.07, 6.45) is 2.41. The molecule has 0 saturated heterocycles. The van der Waals surface area contributed by atoms with Gasteiger partial charge in [0.15, 0.2) is 0 Å². The van der Waals surface area contributed by atoms with E-state index in [9.17, 15) is 16.8 Å². The van der Waals surface area contributed by atoms with Crippen LogP contribution in [0.4, 0.5) is 0 Å². The molecule has 0 bridgehead atoms. The lowest BCUT2D eigenvalue weighted by atomic mass is 10.1. The van der Waals surface area contributed by atoms with E-state index in [1.807, 2.05) is 0 Å². The predicted molar refractivity (Wildman–Crippen MR) is 120 cm³/mol. The zero-order chi connectivity index (χ0) is 22.1. The smallest absolute Gasteiger partial charge is 0.199 e. The van der Waals surface area contributed by atoms with Gasteiger partial charge in [0.2, 0.25) is 0 Å². The first kappa shape index (κ1) is 23.0. The fourth-order valence-corrected chi connectivity index (χ4v) is 5.00. The van der Waals surface area contributed by atoms with Crippen molar-refractivity contribution in [3.8, 4) is 0 Å². The van der Waals surface area contributed by atoms with Crippen LogP contribution in [0.1, 0.15) is 0 Å². The minimum Gasteiger partial charge on any atom is -0.199 e. The Labute approximate surface area is 193 Å². The fraction of sp³-hybridized carbons (Fsp3) is 0. The molecule has 1 aliphatic carbocycles. The van der Waals surface area contributed by atoms with Crippen molar-refractivity contribution in [2.75, 3.05) is 0 Å². The quantitative estimate of drug-likeness (QED) is 0.514. The average Bonchev–Trinajstić information content (AvgIpc) is 2.68. The van der Waals surface area contributed by atoms with Crippen LogP contribution >= 0.6 is 46.4 Å². The highest BCUT2D eigenvalue weighted by Crippen LogP contribution is 2.27. The Bertz CT molecular complexity index is 1220. The summed E-state index contributed by atoms with van der Waals surface area (Å²) in [4.78, 5) is -0.198. The average molecular weight is 524 g/mol. The number of nitrogens with zero attached hydrogens (tertiary/aromatic N) is 2. The molecule has 12 heteroatoms. The van der Waals surface area contributed by atoms with Crippen molar-refractivity contribution in [2.45, 2.75) is 9.79 Å². The maximum Gasteiger partial charge on any atom is 0.282 e. The van der Waals surface area contributed by atoms with Gasteiger partial charge in [-0.2, -0.15) is 25.6 Å². The highest BCUT2D eigenvalue weighted by Gasteiger charge is 2.23. The summed E-state index contributed by atoms with van der Waals surface area (Å²) in [7, 11) is -8.20. The molecule has 156 valence electrons. The number of rotatable bonds is 4. The van der Waals surface area contributed by atoms with E-state index in [2.05, 4.69) is 8.80 Å². The molecular formula is C18H10Cl4N2O4S2. The summed E-state index contributed by atoms with van der Waals surface area (Å²) in [5.74, 6) is 0. The molecule has 1 aliphatic rings. The second-order valence-corrected chi connectivity index (χ2v) is 10.6. The van der Waals surface area contributed by atoms with Crippen LogP contribution in [0.5, 0.6) is 0 Å². The molecule has 6 nitrogen and oxygen atoms in total. The lowest BCUT2D eigenvalue weighted by molar-refractivity contribution is 0.596. The van der Waals surface area contributed by atoms with Gasteiger partial charge in [0, 0.05) is 10.0 Å². The third-order valence-electron chi connectivity index (χ3n) is 3.70. The second-order valence-electron chi connectivity index (χ2n) is 5.77. The van der Waals surface area contributed by atoms with Crippen molar-refractivity contribution in [3.05, 3.63) is 80.8 Å². The standard InChI is InChI=1S/C18H10Cl4N2O4S2/c19-11-1-5-13(6-2-11)29(25,26)23-15-9-10-16(18(22)17(15)21)24-30(27,28)14-7-3-12(20)4-8-14/h1-10H/b23-15+,24-16+. The van der Waals surface area contributed by atoms with Gasteiger partial charge in [-0.3, -0.25) is 0 Å². The van der Waals surface area contributed by atoms with Crippen molar-refractivity contribution in [3.63, 3.8) is 0 Å². The fourth-order valence-electron chi connectivity index (χ4n) is 2.25. The van der Waals surface area contributed by atoms with E-state index in [0.29, 0.717) is 10.0 Å². The third kappa shape index (κ3) is 5.14. The van der Waals surface area contributed by atoms with Crippen LogP contribution in [-0.2, 0) is 20.0 Å². The van der Waals surface area contributed by atoms with Gasteiger partial charge in [-0.05, 0) is 60.7 Å². The van der Waals surface area contributed by atoms with Crippen molar-refractivity contribution >= 4 is 77.9 Å². The molecule has 0 amide bonds. The highest BCUT2D eigenvalue weighted by molar-refractivity contribution is 7.90. The Morgan fingerprint density at radius 1 is 0.533 bits per heavy atom. The molecule has 0 atom stereocenters. The number of hydrogen-bond acceptors (Lipinski definition) is 4. The molecule has 3 rings (SSSR count). The largest absolute Gasteiger partial charge is 0.282 e. The van der Waals surface area contributed by atoms with E-state index in [4.69, 9.17) is 46.4 Å². The monoisotopic (exact) mass is 522 g/mol. The van der Waals surface area contributed by atoms with E-state index in [1.54, 1.807) is 0 Å². The second kappa shape index (κ2) is 8.82. The van der Waals surface area contributed by atoms with E-state index < -0.39 is 20.0 Å². The molecule has 0 aromatic heterocycles. The minimum absolute atomic E-state index is 0.0989. The van der Waals surface area contributed by atoms with Gasteiger partial charge in [0.05, 0.1) is 31.3 Å². The summed E-state index contributed by atoms with van der Waals surface area (Å²) in [6, 6.07) is 10.8. The van der Waals surface area contributed by atoms with Gasteiger partial charge in [-0.1, -0.05) is 46.4 Å². The molecule has 0 N–H and O–H groups in total. The van der Waals surface area contributed by atoms with Crippen LogP contribution in [0.2, 0.25) is 10.0 Å². The minimum atomic E-state index is -4.10. The number of sulfonamides is 2. The summed E-state index contributed by atoms with van der Waals surface area (Å²) in [5.41, 5.74) is -0.334. The normalized spacial score (nSPS) is 17.7. The van der Waals surface area contributed by atoms with E-state index in [-0.39, 0.29) is 31.3 Å². The van der Waals surface area contributed by atoms with Crippen molar-refractivity contribution in [1.29, 1.82) is 0 Å². The molecule has 0 fully saturated rings. The van der Waals surface area contributed by atoms with Crippen LogP contribution in [0.3, 0.4) is 0 Å². The first-order valence-corrected chi connectivity index (χ1v) is 12.3. The zero-order valence-corrected chi connectivity index (χ0v) is 19.3. The van der Waals surface area contributed by atoms with Crippen LogP contribution in [0.25, 0.3) is 0 Å². The third-order valence-corrected chi connectivity index (χ3v) is 7.68. The van der Waals surface area contributed by atoms with Crippen molar-refractivity contribution in [1.82, 2.24) is 0 Å². The predicted octanol–water partition coefficient (Wildman–Crippen LogP) is 5.21. The number of hydrogen-bond donors (Lipinski definition) is 0. The molecule has 0 unspecified atom stereocenters. The molecule has 2 aromatic carbocycles. The maximum absolute atomic E-state index is 12.5. The molecule has 2 aromatic rings. The first-order valence-electron chi connectivity index (χ1n) is 7.95. The zero-order valence-electron chi connectivity index (χ0n) is 14.6. The number of allylic oxidation sites excluding steroid dienone is 4. The van der Waals surface area contributed by atoms with Gasteiger partial charge < -0.3 is 0 Å². The summed E-state index contributed by atoms with van der Waals surface area (Å²) in [5, 5.41) is 0.203. The van der Waals surface area contributed by atoms with E-state index >= 15 is 0 Å². The van der Waals surface area contributed by atoms with E-state index in [1.165, 1.54) is 60.7 Å². The number of benzene rings is 2. The molecule has 0 spiro atoms. The van der Waals surface area contributed by atoms with Crippen molar-refractivity contribution < 1.29 is 16.8 Å². The van der Waals surface area contributed by atoms with E-state index in [0.717, 1.165) is 0 Å². The Balaban J connectivity index is 1.97. The van der Waals surface area contributed by atoms with Gasteiger partial charge in [-0.15, -0.1) is 0 Å². The van der Waals surface area contributed by atoms with Gasteiger partial charge >= 0.3 is 0 Å². The molecule has 0 saturated carbocycles. The van der Waals surface area contributed by atoms with Crippen LogP contribution in [0, 0.1) is 0 Å². The van der Waals surface area contributed by atoms with Crippen LogP contribution in [-0.4, -0.2) is 28.3 Å². The SMILES string of the molecule is O=S(=O)(/N=C1C=C/C(=N\S(=O)(=O)c2ccc(Cl)cc2)C(Cl)=C\1Cl)c1ccc(Cl)cc1. The molecule has 0 heterocycles. The number of halogens is 4. The van der Waals surface area contributed by atoms with Gasteiger partial charge in [0.25, 0.3) is 20.0 Å². The topological polar surface area (TPSA) is 93.0 Å². The van der Waals surface area contributed by atoms with Crippen LogP contribution < -0.4 is 0 Å². The Hall–Kier alpha value is -1.68. The molecular weight excluding hydrogens is 514 g/mol.